The second kappa shape index (κ2) is 9.13. The largest absolute Gasteiger partial charge is 0.383 e. The van der Waals surface area contributed by atoms with Gasteiger partial charge in [0.15, 0.2) is 11.5 Å². The number of ether oxygens (including phenoxy) is 1. The van der Waals surface area contributed by atoms with Crippen molar-refractivity contribution < 1.29 is 18.8 Å². The van der Waals surface area contributed by atoms with Gasteiger partial charge in [-0.15, -0.1) is 0 Å². The van der Waals surface area contributed by atoms with Gasteiger partial charge in [-0.1, -0.05) is 30.6 Å². The summed E-state index contributed by atoms with van der Waals surface area (Å²) in [5.74, 6) is 0.403. The number of aromatic nitrogens is 1. The zero-order valence-electron chi connectivity index (χ0n) is 14.9. The van der Waals surface area contributed by atoms with E-state index >= 15 is 0 Å². The molecule has 1 aromatic heterocycles. The second-order valence-electron chi connectivity index (χ2n) is 5.86. The van der Waals surface area contributed by atoms with Gasteiger partial charge < -0.3 is 14.6 Å². The molecule has 0 radical (unpaired) electrons. The van der Waals surface area contributed by atoms with Crippen molar-refractivity contribution in [2.45, 2.75) is 33.1 Å². The molecule has 134 valence electrons. The molecule has 0 saturated heterocycles. The smallest absolute Gasteiger partial charge is 0.251 e. The van der Waals surface area contributed by atoms with E-state index in [1.165, 1.54) is 6.92 Å². The molecule has 1 heterocycles. The fourth-order valence-electron chi connectivity index (χ4n) is 2.62. The molecule has 1 aromatic carbocycles. The summed E-state index contributed by atoms with van der Waals surface area (Å²) in [6.07, 6.45) is 2.09. The maximum Gasteiger partial charge on any atom is 0.251 e. The predicted molar refractivity (Wildman–Crippen MR) is 94.0 cm³/mol. The highest BCUT2D eigenvalue weighted by Crippen LogP contribution is 2.20. The summed E-state index contributed by atoms with van der Waals surface area (Å²) >= 11 is 0. The lowest BCUT2D eigenvalue weighted by Gasteiger charge is -2.06. The van der Waals surface area contributed by atoms with Gasteiger partial charge in [0, 0.05) is 25.6 Å². The lowest BCUT2D eigenvalue weighted by molar-refractivity contribution is 0.0936. The number of hydrogen-bond donors (Lipinski definition) is 1. The van der Waals surface area contributed by atoms with E-state index in [2.05, 4.69) is 10.5 Å². The van der Waals surface area contributed by atoms with Crippen molar-refractivity contribution in [3.8, 4) is 0 Å². The maximum absolute atomic E-state index is 12.0. The molecule has 1 N–H and O–H groups in total. The summed E-state index contributed by atoms with van der Waals surface area (Å²) in [5.41, 5.74) is 2.84. The first-order valence-corrected chi connectivity index (χ1v) is 8.41. The monoisotopic (exact) mass is 344 g/mol. The van der Waals surface area contributed by atoms with Crippen LogP contribution in [0.15, 0.2) is 28.8 Å². The van der Waals surface area contributed by atoms with Crippen LogP contribution in [0.5, 0.6) is 0 Å². The zero-order chi connectivity index (χ0) is 18.2. The van der Waals surface area contributed by atoms with Crippen LogP contribution in [0, 0.1) is 0 Å². The summed E-state index contributed by atoms with van der Waals surface area (Å²) in [5, 5.41) is 6.81. The van der Waals surface area contributed by atoms with Gasteiger partial charge in [-0.3, -0.25) is 9.59 Å². The fourth-order valence-corrected chi connectivity index (χ4v) is 2.62. The van der Waals surface area contributed by atoms with E-state index in [9.17, 15) is 9.59 Å². The van der Waals surface area contributed by atoms with Crippen LogP contribution in [-0.2, 0) is 17.6 Å². The third-order valence-electron chi connectivity index (χ3n) is 3.84. The molecule has 1 amide bonds. The minimum atomic E-state index is -0.141. The SMILES string of the molecule is CCCc1noc(Cc2ccc(C(=O)NCCOC)cc2)c1C(C)=O. The summed E-state index contributed by atoms with van der Waals surface area (Å²) in [7, 11) is 1.59. The van der Waals surface area contributed by atoms with Crippen molar-refractivity contribution in [2.24, 2.45) is 0 Å². The molecule has 0 aliphatic heterocycles. The van der Waals surface area contributed by atoms with Gasteiger partial charge in [0.05, 0.1) is 17.9 Å². The molecule has 0 unspecified atom stereocenters. The number of aryl methyl sites for hydroxylation is 1. The Morgan fingerprint density at radius 1 is 1.24 bits per heavy atom. The first-order chi connectivity index (χ1) is 12.1. The highest BCUT2D eigenvalue weighted by Gasteiger charge is 2.19. The number of benzene rings is 1. The molecule has 6 nitrogen and oxygen atoms in total. The minimum Gasteiger partial charge on any atom is -0.383 e. The van der Waals surface area contributed by atoms with E-state index in [-0.39, 0.29) is 11.7 Å². The predicted octanol–water partition coefficient (Wildman–Crippen LogP) is 2.80. The lowest BCUT2D eigenvalue weighted by Crippen LogP contribution is -2.26. The van der Waals surface area contributed by atoms with Gasteiger partial charge >= 0.3 is 0 Å². The van der Waals surface area contributed by atoms with Crippen LogP contribution in [0.2, 0.25) is 0 Å². The van der Waals surface area contributed by atoms with Crippen LogP contribution in [0.1, 0.15) is 58.0 Å². The Kier molecular flexibility index (Phi) is 6.89. The number of carbonyl (C=O) groups is 2. The van der Waals surface area contributed by atoms with Crippen LogP contribution < -0.4 is 5.32 Å². The molecule has 0 spiro atoms. The van der Waals surface area contributed by atoms with Crippen LogP contribution in [0.25, 0.3) is 0 Å². The van der Waals surface area contributed by atoms with E-state index < -0.39 is 0 Å². The number of Topliss-reactive ketones (excluding diaryl/α,β-unsaturated/α-hetero) is 1. The van der Waals surface area contributed by atoms with E-state index in [1.807, 2.05) is 19.1 Å². The Hall–Kier alpha value is -2.47. The van der Waals surface area contributed by atoms with Crippen molar-refractivity contribution in [3.63, 3.8) is 0 Å². The number of carbonyl (C=O) groups excluding carboxylic acids is 2. The van der Waals surface area contributed by atoms with E-state index in [4.69, 9.17) is 9.26 Å². The Labute approximate surface area is 147 Å². The van der Waals surface area contributed by atoms with E-state index in [1.54, 1.807) is 19.2 Å². The first-order valence-electron chi connectivity index (χ1n) is 8.41. The van der Waals surface area contributed by atoms with E-state index in [0.717, 1.165) is 24.1 Å². The van der Waals surface area contributed by atoms with Gasteiger partial charge in [-0.05, 0) is 31.0 Å². The molecule has 0 saturated carbocycles. The molecule has 0 aliphatic carbocycles. The van der Waals surface area contributed by atoms with Crippen LogP contribution in [0.4, 0.5) is 0 Å². The topological polar surface area (TPSA) is 81.4 Å². The van der Waals surface area contributed by atoms with Crippen molar-refractivity contribution in [1.82, 2.24) is 10.5 Å². The van der Waals surface area contributed by atoms with Gasteiger partial charge in [0.1, 0.15) is 0 Å². The minimum absolute atomic E-state index is 0.0335. The lowest BCUT2D eigenvalue weighted by atomic mass is 10.0. The summed E-state index contributed by atoms with van der Waals surface area (Å²) < 4.78 is 10.3. The van der Waals surface area contributed by atoms with Gasteiger partial charge in [-0.2, -0.15) is 0 Å². The first kappa shape index (κ1) is 18.9. The molecular formula is C19H24N2O4. The number of nitrogens with one attached hydrogen (secondary N) is 1. The second-order valence-corrected chi connectivity index (χ2v) is 5.86. The standard InChI is InChI=1S/C19H24N2O4/c1-4-5-16-18(13(2)22)17(25-21-16)12-14-6-8-15(9-7-14)19(23)20-10-11-24-3/h6-9H,4-5,10-12H2,1-3H3,(H,20,23). The third kappa shape index (κ3) is 5.00. The molecule has 0 fully saturated rings. The molecule has 6 heteroatoms. The number of methoxy groups -OCH3 is 1. The normalized spacial score (nSPS) is 10.7. The van der Waals surface area contributed by atoms with Crippen molar-refractivity contribution in [2.75, 3.05) is 20.3 Å². The molecule has 2 rings (SSSR count). The van der Waals surface area contributed by atoms with Gasteiger partial charge in [0.2, 0.25) is 0 Å². The Morgan fingerprint density at radius 3 is 2.56 bits per heavy atom. The summed E-state index contributed by atoms with van der Waals surface area (Å²) in [6.45, 7) is 4.51. The number of nitrogens with zero attached hydrogens (tertiary/aromatic N) is 1. The molecule has 2 aromatic rings. The molecule has 0 aliphatic rings. The molecule has 0 atom stereocenters. The molecule has 25 heavy (non-hydrogen) atoms. The number of ketones is 1. The summed E-state index contributed by atoms with van der Waals surface area (Å²) in [4.78, 5) is 23.9. The average Bonchev–Trinajstić information content (AvgIpc) is 2.98. The Bertz CT molecular complexity index is 720. The average molecular weight is 344 g/mol. The highest BCUT2D eigenvalue weighted by atomic mass is 16.5. The number of hydrogen-bond acceptors (Lipinski definition) is 5. The Balaban J connectivity index is 2.09. The molecule has 0 bridgehead atoms. The maximum atomic E-state index is 12.0. The van der Waals surface area contributed by atoms with Crippen molar-refractivity contribution >= 4 is 11.7 Å². The Morgan fingerprint density at radius 2 is 1.96 bits per heavy atom. The van der Waals surface area contributed by atoms with Crippen LogP contribution >= 0.6 is 0 Å². The summed E-state index contributed by atoms with van der Waals surface area (Å²) in [6, 6.07) is 7.23. The fraction of sp³-hybridized carbons (Fsp3) is 0.421. The number of amides is 1. The number of rotatable bonds is 9. The zero-order valence-corrected chi connectivity index (χ0v) is 14.9. The third-order valence-corrected chi connectivity index (χ3v) is 3.84. The van der Waals surface area contributed by atoms with Gasteiger partial charge in [-0.25, -0.2) is 0 Å². The van der Waals surface area contributed by atoms with Crippen LogP contribution in [-0.4, -0.2) is 37.1 Å². The van der Waals surface area contributed by atoms with Crippen molar-refractivity contribution in [3.05, 3.63) is 52.4 Å². The van der Waals surface area contributed by atoms with Crippen molar-refractivity contribution in [1.29, 1.82) is 0 Å². The quantitative estimate of drug-likeness (QED) is 0.559. The highest BCUT2D eigenvalue weighted by molar-refractivity contribution is 5.96. The van der Waals surface area contributed by atoms with Crippen LogP contribution in [0.3, 0.4) is 0 Å². The van der Waals surface area contributed by atoms with Gasteiger partial charge in [0.25, 0.3) is 5.91 Å². The molecular weight excluding hydrogens is 320 g/mol. The van der Waals surface area contributed by atoms with E-state index in [0.29, 0.717) is 36.5 Å².